The molecule has 1 rings (SSSR count). The second-order valence-corrected chi connectivity index (χ2v) is 4.52. The van der Waals surface area contributed by atoms with Crippen molar-refractivity contribution in [2.24, 2.45) is 5.92 Å². The van der Waals surface area contributed by atoms with E-state index in [0.717, 1.165) is 5.75 Å². The van der Waals surface area contributed by atoms with Crippen molar-refractivity contribution in [2.75, 3.05) is 11.9 Å². The topological polar surface area (TPSA) is 58.6 Å². The molecule has 0 aliphatic rings. The first-order chi connectivity index (χ1) is 8.52. The minimum absolute atomic E-state index is 0.0745. The van der Waals surface area contributed by atoms with Gasteiger partial charge < -0.3 is 15.2 Å². The summed E-state index contributed by atoms with van der Waals surface area (Å²) < 4.78 is 5.35. The number of anilines is 1. The lowest BCUT2D eigenvalue weighted by molar-refractivity contribution is -0.118. The van der Waals surface area contributed by atoms with Gasteiger partial charge in [-0.2, -0.15) is 0 Å². The summed E-state index contributed by atoms with van der Waals surface area (Å²) in [7, 11) is 0. The molecule has 0 aliphatic carbocycles. The number of ether oxygens (including phenoxy) is 1. The third kappa shape index (κ3) is 4.75. The standard InChI is InChI=1S/C14H21NO3/c1-4-18-12-7-5-6-11(8-12)15-14(17)9-13(16)10(2)3/h5-8,10,13,16H,4,9H2,1-3H3,(H,15,17). The van der Waals surface area contributed by atoms with Crippen LogP contribution >= 0.6 is 0 Å². The van der Waals surface area contributed by atoms with Gasteiger partial charge in [-0.3, -0.25) is 4.79 Å². The van der Waals surface area contributed by atoms with Crippen LogP contribution in [0.1, 0.15) is 27.2 Å². The normalized spacial score (nSPS) is 12.3. The SMILES string of the molecule is CCOc1cccc(NC(=O)CC(O)C(C)C)c1. The predicted molar refractivity (Wildman–Crippen MR) is 71.7 cm³/mol. The number of amides is 1. The smallest absolute Gasteiger partial charge is 0.226 e. The third-order valence-electron chi connectivity index (χ3n) is 2.59. The molecule has 1 aromatic carbocycles. The molecule has 0 aliphatic heterocycles. The molecular formula is C14H21NO3. The maximum atomic E-state index is 11.7. The van der Waals surface area contributed by atoms with Gasteiger partial charge in [-0.1, -0.05) is 19.9 Å². The summed E-state index contributed by atoms with van der Waals surface area (Å²) in [5.74, 6) is 0.607. The van der Waals surface area contributed by atoms with E-state index in [0.29, 0.717) is 12.3 Å². The van der Waals surface area contributed by atoms with Gasteiger partial charge in [-0.05, 0) is 25.0 Å². The molecule has 0 heterocycles. The summed E-state index contributed by atoms with van der Waals surface area (Å²) in [4.78, 5) is 11.7. The number of carbonyl (C=O) groups is 1. The molecule has 0 radical (unpaired) electrons. The number of rotatable bonds is 6. The van der Waals surface area contributed by atoms with Gasteiger partial charge in [0.1, 0.15) is 5.75 Å². The minimum Gasteiger partial charge on any atom is -0.494 e. The fourth-order valence-corrected chi connectivity index (χ4v) is 1.47. The quantitative estimate of drug-likeness (QED) is 0.816. The second kappa shape index (κ2) is 7.01. The maximum Gasteiger partial charge on any atom is 0.226 e. The monoisotopic (exact) mass is 251 g/mol. The van der Waals surface area contributed by atoms with Gasteiger partial charge in [0.05, 0.1) is 19.1 Å². The molecule has 0 aromatic heterocycles. The van der Waals surface area contributed by atoms with Crippen LogP contribution in [0.25, 0.3) is 0 Å². The number of aliphatic hydroxyl groups is 1. The predicted octanol–water partition coefficient (Wildman–Crippen LogP) is 2.43. The van der Waals surface area contributed by atoms with E-state index in [1.165, 1.54) is 0 Å². The highest BCUT2D eigenvalue weighted by Gasteiger charge is 2.14. The fraction of sp³-hybridized carbons (Fsp3) is 0.500. The summed E-state index contributed by atoms with van der Waals surface area (Å²) in [6.45, 7) is 6.26. The summed E-state index contributed by atoms with van der Waals surface area (Å²) in [5, 5.41) is 12.4. The summed E-state index contributed by atoms with van der Waals surface area (Å²) in [6.07, 6.45) is -0.503. The van der Waals surface area contributed by atoms with Gasteiger partial charge in [-0.25, -0.2) is 0 Å². The van der Waals surface area contributed by atoms with Gasteiger partial charge in [0.2, 0.25) is 5.91 Å². The molecule has 4 heteroatoms. The lowest BCUT2D eigenvalue weighted by Crippen LogP contribution is -2.23. The molecule has 0 fully saturated rings. The molecule has 2 N–H and O–H groups in total. The van der Waals surface area contributed by atoms with Gasteiger partial charge in [0.15, 0.2) is 0 Å². The molecule has 1 atom stereocenters. The molecule has 0 bridgehead atoms. The Morgan fingerprint density at radius 1 is 1.44 bits per heavy atom. The number of hydrogen-bond acceptors (Lipinski definition) is 3. The van der Waals surface area contributed by atoms with E-state index in [1.807, 2.05) is 32.9 Å². The Morgan fingerprint density at radius 3 is 2.78 bits per heavy atom. The zero-order valence-electron chi connectivity index (χ0n) is 11.1. The van der Waals surface area contributed by atoms with Gasteiger partial charge in [0.25, 0.3) is 0 Å². The molecule has 0 saturated carbocycles. The maximum absolute atomic E-state index is 11.7. The second-order valence-electron chi connectivity index (χ2n) is 4.52. The Labute approximate surface area is 108 Å². The lowest BCUT2D eigenvalue weighted by atomic mass is 10.0. The van der Waals surface area contributed by atoms with Crippen LogP contribution in [0.15, 0.2) is 24.3 Å². The molecule has 18 heavy (non-hydrogen) atoms. The molecule has 100 valence electrons. The van der Waals surface area contributed by atoms with Crippen molar-refractivity contribution < 1.29 is 14.6 Å². The number of nitrogens with one attached hydrogen (secondary N) is 1. The average Bonchev–Trinajstić information content (AvgIpc) is 2.29. The Morgan fingerprint density at radius 2 is 2.17 bits per heavy atom. The molecule has 4 nitrogen and oxygen atoms in total. The molecule has 1 aromatic rings. The highest BCUT2D eigenvalue weighted by molar-refractivity contribution is 5.91. The van der Waals surface area contributed by atoms with E-state index >= 15 is 0 Å². The Bertz CT molecular complexity index is 390. The number of hydrogen-bond donors (Lipinski definition) is 2. The molecule has 1 amide bonds. The van der Waals surface area contributed by atoms with Crippen molar-refractivity contribution in [2.45, 2.75) is 33.3 Å². The van der Waals surface area contributed by atoms with Gasteiger partial charge in [-0.15, -0.1) is 0 Å². The largest absolute Gasteiger partial charge is 0.494 e. The summed E-state index contributed by atoms with van der Waals surface area (Å²) in [6, 6.07) is 7.22. The Kier molecular flexibility index (Phi) is 5.65. The summed E-state index contributed by atoms with van der Waals surface area (Å²) >= 11 is 0. The van der Waals surface area contributed by atoms with Crippen LogP contribution < -0.4 is 10.1 Å². The number of carbonyl (C=O) groups excluding carboxylic acids is 1. The highest BCUT2D eigenvalue weighted by atomic mass is 16.5. The van der Waals surface area contributed by atoms with Gasteiger partial charge in [0, 0.05) is 11.8 Å². The first-order valence-corrected chi connectivity index (χ1v) is 6.23. The van der Waals surface area contributed by atoms with Crippen molar-refractivity contribution in [3.8, 4) is 5.75 Å². The van der Waals surface area contributed by atoms with E-state index in [-0.39, 0.29) is 18.2 Å². The zero-order chi connectivity index (χ0) is 13.5. The summed E-state index contributed by atoms with van der Waals surface area (Å²) in [5.41, 5.74) is 0.682. The van der Waals surface area contributed by atoms with Crippen LogP contribution in [0.2, 0.25) is 0 Å². The van der Waals surface area contributed by atoms with Crippen molar-refractivity contribution in [1.82, 2.24) is 0 Å². The zero-order valence-corrected chi connectivity index (χ0v) is 11.1. The number of aliphatic hydroxyl groups excluding tert-OH is 1. The van der Waals surface area contributed by atoms with E-state index in [9.17, 15) is 9.90 Å². The van der Waals surface area contributed by atoms with Crippen LogP contribution in [0.3, 0.4) is 0 Å². The number of benzene rings is 1. The van der Waals surface area contributed by atoms with Crippen LogP contribution in [0.5, 0.6) is 5.75 Å². The minimum atomic E-state index is -0.611. The van der Waals surface area contributed by atoms with E-state index in [2.05, 4.69) is 5.32 Å². The highest BCUT2D eigenvalue weighted by Crippen LogP contribution is 2.18. The van der Waals surface area contributed by atoms with Crippen LogP contribution in [0, 0.1) is 5.92 Å². The lowest BCUT2D eigenvalue weighted by Gasteiger charge is -2.14. The van der Waals surface area contributed by atoms with Crippen molar-refractivity contribution >= 4 is 11.6 Å². The van der Waals surface area contributed by atoms with E-state index in [1.54, 1.807) is 12.1 Å². The third-order valence-corrected chi connectivity index (χ3v) is 2.59. The van der Waals surface area contributed by atoms with Crippen LogP contribution in [-0.4, -0.2) is 23.7 Å². The van der Waals surface area contributed by atoms with Crippen molar-refractivity contribution in [3.63, 3.8) is 0 Å². The van der Waals surface area contributed by atoms with Crippen molar-refractivity contribution in [1.29, 1.82) is 0 Å². The van der Waals surface area contributed by atoms with Crippen LogP contribution in [-0.2, 0) is 4.79 Å². The average molecular weight is 251 g/mol. The Balaban J connectivity index is 2.56. The molecule has 1 unspecified atom stereocenters. The van der Waals surface area contributed by atoms with Crippen LogP contribution in [0.4, 0.5) is 5.69 Å². The first kappa shape index (κ1) is 14.5. The van der Waals surface area contributed by atoms with Crippen molar-refractivity contribution in [3.05, 3.63) is 24.3 Å². The molecule has 0 spiro atoms. The first-order valence-electron chi connectivity index (χ1n) is 6.23. The molecular weight excluding hydrogens is 230 g/mol. The fourth-order valence-electron chi connectivity index (χ4n) is 1.47. The van der Waals surface area contributed by atoms with Gasteiger partial charge >= 0.3 is 0 Å². The van der Waals surface area contributed by atoms with E-state index in [4.69, 9.17) is 4.74 Å². The Hall–Kier alpha value is -1.55. The molecule has 0 saturated heterocycles. The van der Waals surface area contributed by atoms with E-state index < -0.39 is 6.10 Å².